The first-order valence-corrected chi connectivity index (χ1v) is 13.4. The van der Waals surface area contributed by atoms with E-state index in [0.29, 0.717) is 56.2 Å². The summed E-state index contributed by atoms with van der Waals surface area (Å²) in [6.07, 6.45) is 1.60. The van der Waals surface area contributed by atoms with Gasteiger partial charge < -0.3 is 23.9 Å². The molecule has 3 aromatic carbocycles. The number of oxazole rings is 1. The van der Waals surface area contributed by atoms with Gasteiger partial charge in [-0.05, 0) is 67.3 Å². The van der Waals surface area contributed by atoms with Crippen molar-refractivity contribution in [1.29, 1.82) is 0 Å². The monoisotopic (exact) mass is 540 g/mol. The number of aliphatic carboxylic acids is 1. The summed E-state index contributed by atoms with van der Waals surface area (Å²) in [5.41, 5.74) is 5.25. The third-order valence-electron chi connectivity index (χ3n) is 7.19. The number of hydrogen-bond donors (Lipinski definition) is 1. The maximum atomic E-state index is 13.3. The van der Waals surface area contributed by atoms with E-state index in [1.807, 2.05) is 49.4 Å². The van der Waals surface area contributed by atoms with Crippen LogP contribution >= 0.6 is 0 Å². The van der Waals surface area contributed by atoms with Gasteiger partial charge >= 0.3 is 5.97 Å². The molecule has 0 aliphatic carbocycles. The molecule has 2 heterocycles. The molecule has 5 rings (SSSR count). The van der Waals surface area contributed by atoms with Crippen LogP contribution in [0.15, 0.2) is 71.1 Å². The van der Waals surface area contributed by atoms with Crippen molar-refractivity contribution in [2.45, 2.75) is 39.2 Å². The quantitative estimate of drug-likeness (QED) is 0.284. The van der Waals surface area contributed by atoms with Gasteiger partial charge in [-0.3, -0.25) is 9.59 Å². The highest BCUT2D eigenvalue weighted by molar-refractivity contribution is 5.94. The molecule has 0 radical (unpaired) electrons. The molecular weight excluding hydrogens is 508 g/mol. The molecule has 8 heteroatoms. The van der Waals surface area contributed by atoms with Gasteiger partial charge in [0.2, 0.25) is 5.89 Å². The number of benzene rings is 3. The number of hydrogen-bond acceptors (Lipinski definition) is 6. The van der Waals surface area contributed by atoms with Crippen LogP contribution in [0.5, 0.6) is 11.5 Å². The highest BCUT2D eigenvalue weighted by atomic mass is 16.5. The van der Waals surface area contributed by atoms with Crippen LogP contribution in [0.1, 0.15) is 44.9 Å². The number of fused-ring (bicyclic) bond motifs is 1. The minimum absolute atomic E-state index is 0.0195. The summed E-state index contributed by atoms with van der Waals surface area (Å²) in [5.74, 6) is 1.79. The van der Waals surface area contributed by atoms with E-state index in [1.54, 1.807) is 36.3 Å². The van der Waals surface area contributed by atoms with Gasteiger partial charge in [0, 0.05) is 42.6 Å². The van der Waals surface area contributed by atoms with Crippen LogP contribution in [0.4, 0.5) is 0 Å². The highest BCUT2D eigenvalue weighted by Gasteiger charge is 2.27. The fourth-order valence-corrected chi connectivity index (χ4v) is 5.05. The first-order valence-electron chi connectivity index (χ1n) is 13.4. The average Bonchev–Trinajstić information content (AvgIpc) is 3.36. The molecule has 0 unspecified atom stereocenters. The lowest BCUT2D eigenvalue weighted by Gasteiger charge is -2.32. The first kappa shape index (κ1) is 27.0. The zero-order valence-corrected chi connectivity index (χ0v) is 22.7. The predicted octanol–water partition coefficient (Wildman–Crippen LogP) is 5.50. The Morgan fingerprint density at radius 2 is 1.85 bits per heavy atom. The molecule has 0 saturated heterocycles. The van der Waals surface area contributed by atoms with Crippen molar-refractivity contribution in [3.63, 3.8) is 0 Å². The SMILES string of the molecule is COc1cccc(C(=O)N2CCc3c(OCCc4nc(-c5ccccc5)oc4C)ccc(CCC(=O)O)c3C2)c1. The van der Waals surface area contributed by atoms with Crippen LogP contribution in [0, 0.1) is 6.92 Å². The molecule has 4 aromatic rings. The second-order valence-corrected chi connectivity index (χ2v) is 9.77. The molecule has 0 saturated carbocycles. The lowest BCUT2D eigenvalue weighted by atomic mass is 9.91. The molecule has 40 heavy (non-hydrogen) atoms. The predicted molar refractivity (Wildman–Crippen MR) is 150 cm³/mol. The van der Waals surface area contributed by atoms with Crippen molar-refractivity contribution in [3.05, 3.63) is 100 Å². The molecule has 0 bridgehead atoms. The van der Waals surface area contributed by atoms with Gasteiger partial charge in [-0.1, -0.05) is 30.3 Å². The third-order valence-corrected chi connectivity index (χ3v) is 7.19. The van der Waals surface area contributed by atoms with E-state index in [-0.39, 0.29) is 12.3 Å². The Morgan fingerprint density at radius 3 is 2.62 bits per heavy atom. The number of nitrogens with zero attached hydrogens (tertiary/aromatic N) is 2. The molecule has 8 nitrogen and oxygen atoms in total. The van der Waals surface area contributed by atoms with Crippen LogP contribution in [0.2, 0.25) is 0 Å². The van der Waals surface area contributed by atoms with Gasteiger partial charge in [-0.25, -0.2) is 4.98 Å². The van der Waals surface area contributed by atoms with Crippen molar-refractivity contribution in [1.82, 2.24) is 9.88 Å². The fraction of sp³-hybridized carbons (Fsp3) is 0.281. The fourth-order valence-electron chi connectivity index (χ4n) is 5.05. The van der Waals surface area contributed by atoms with E-state index in [4.69, 9.17) is 13.9 Å². The molecule has 206 valence electrons. The van der Waals surface area contributed by atoms with E-state index in [9.17, 15) is 14.7 Å². The standard InChI is InChI=1S/C32H32N2O6/c1-21-28(33-31(40-21)23-7-4-3-5-8-23)16-18-39-29-13-11-22(12-14-30(35)36)27-20-34(17-15-26(27)29)32(37)24-9-6-10-25(19-24)38-2/h3-11,13,19H,12,14-18,20H2,1-2H3,(H,35,36). The van der Waals surface area contributed by atoms with E-state index in [1.165, 1.54) is 0 Å². The first-order chi connectivity index (χ1) is 19.4. The summed E-state index contributed by atoms with van der Waals surface area (Å²) >= 11 is 0. The lowest BCUT2D eigenvalue weighted by molar-refractivity contribution is -0.136. The van der Waals surface area contributed by atoms with Crippen molar-refractivity contribution in [2.24, 2.45) is 0 Å². The van der Waals surface area contributed by atoms with Crippen LogP contribution in [0.25, 0.3) is 11.5 Å². The van der Waals surface area contributed by atoms with Crippen LogP contribution < -0.4 is 9.47 Å². The zero-order valence-electron chi connectivity index (χ0n) is 22.7. The molecule has 1 amide bonds. The molecule has 1 aliphatic heterocycles. The van der Waals surface area contributed by atoms with Gasteiger partial charge in [0.15, 0.2) is 0 Å². The normalized spacial score (nSPS) is 12.6. The Morgan fingerprint density at radius 1 is 1.02 bits per heavy atom. The number of methoxy groups -OCH3 is 1. The Kier molecular flexibility index (Phi) is 8.15. The van der Waals surface area contributed by atoms with Crippen molar-refractivity contribution < 1.29 is 28.6 Å². The lowest BCUT2D eigenvalue weighted by Crippen LogP contribution is -2.36. The number of carbonyl (C=O) groups excluding carboxylic acids is 1. The Balaban J connectivity index is 1.33. The molecule has 1 aromatic heterocycles. The van der Waals surface area contributed by atoms with Gasteiger partial charge in [-0.2, -0.15) is 0 Å². The largest absolute Gasteiger partial charge is 0.497 e. The number of carboxylic acids is 1. The van der Waals surface area contributed by atoms with Gasteiger partial charge in [-0.15, -0.1) is 0 Å². The molecule has 0 spiro atoms. The van der Waals surface area contributed by atoms with E-state index < -0.39 is 5.97 Å². The maximum Gasteiger partial charge on any atom is 0.303 e. The summed E-state index contributed by atoms with van der Waals surface area (Å²) in [7, 11) is 1.57. The van der Waals surface area contributed by atoms with Crippen LogP contribution in [-0.4, -0.2) is 47.1 Å². The minimum atomic E-state index is -0.855. The number of aryl methyl sites for hydroxylation is 2. The van der Waals surface area contributed by atoms with Gasteiger partial charge in [0.25, 0.3) is 5.91 Å². The second kappa shape index (κ2) is 12.1. The van der Waals surface area contributed by atoms with Crippen molar-refractivity contribution in [2.75, 3.05) is 20.3 Å². The highest BCUT2D eigenvalue weighted by Crippen LogP contribution is 2.33. The summed E-state index contributed by atoms with van der Waals surface area (Å²) in [4.78, 5) is 31.1. The number of carboxylic acid groups (broad SMARTS) is 1. The van der Waals surface area contributed by atoms with E-state index in [2.05, 4.69) is 4.98 Å². The van der Waals surface area contributed by atoms with Crippen molar-refractivity contribution in [3.8, 4) is 23.0 Å². The summed E-state index contributed by atoms with van der Waals surface area (Å²) in [6.45, 7) is 3.24. The smallest absolute Gasteiger partial charge is 0.303 e. The van der Waals surface area contributed by atoms with Crippen LogP contribution in [-0.2, 0) is 30.6 Å². The number of aromatic nitrogens is 1. The van der Waals surface area contributed by atoms with Crippen LogP contribution in [0.3, 0.4) is 0 Å². The Bertz CT molecular complexity index is 1510. The molecule has 1 N–H and O–H groups in total. The number of ether oxygens (including phenoxy) is 2. The average molecular weight is 541 g/mol. The number of amides is 1. The molecule has 0 atom stereocenters. The maximum absolute atomic E-state index is 13.3. The zero-order chi connectivity index (χ0) is 28.1. The molecular formula is C32H32N2O6. The van der Waals surface area contributed by atoms with Crippen molar-refractivity contribution >= 4 is 11.9 Å². The second-order valence-electron chi connectivity index (χ2n) is 9.77. The summed E-state index contributed by atoms with van der Waals surface area (Å²) in [6, 6.07) is 20.7. The van der Waals surface area contributed by atoms with E-state index in [0.717, 1.165) is 39.5 Å². The Labute approximate surface area is 233 Å². The van der Waals surface area contributed by atoms with Gasteiger partial charge in [0.05, 0.1) is 19.4 Å². The summed E-state index contributed by atoms with van der Waals surface area (Å²) in [5, 5.41) is 9.28. The topological polar surface area (TPSA) is 102 Å². The Hall–Kier alpha value is -4.59. The van der Waals surface area contributed by atoms with E-state index >= 15 is 0 Å². The number of rotatable bonds is 10. The third kappa shape index (κ3) is 6.01. The minimum Gasteiger partial charge on any atom is -0.497 e. The molecule has 1 aliphatic rings. The van der Waals surface area contributed by atoms with Gasteiger partial charge in [0.1, 0.15) is 17.3 Å². The number of carbonyl (C=O) groups is 2. The summed E-state index contributed by atoms with van der Waals surface area (Å²) < 4.78 is 17.4. The molecule has 0 fully saturated rings.